The second kappa shape index (κ2) is 4.29. The van der Waals surface area contributed by atoms with Crippen molar-refractivity contribution in [1.29, 1.82) is 0 Å². The Labute approximate surface area is 106 Å². The van der Waals surface area contributed by atoms with Gasteiger partial charge >= 0.3 is 0 Å². The molecule has 1 aromatic carbocycles. The molecule has 0 radical (unpaired) electrons. The van der Waals surface area contributed by atoms with Crippen molar-refractivity contribution < 1.29 is 4.79 Å². The van der Waals surface area contributed by atoms with Gasteiger partial charge < -0.3 is 4.90 Å². The average Bonchev–Trinajstić information content (AvgIpc) is 2.89. The van der Waals surface area contributed by atoms with Gasteiger partial charge in [0.2, 0.25) is 5.96 Å². The van der Waals surface area contributed by atoms with Crippen LogP contribution in [0.25, 0.3) is 5.70 Å². The average molecular weight is 241 g/mol. The zero-order valence-electron chi connectivity index (χ0n) is 10.3. The quantitative estimate of drug-likeness (QED) is 0.787. The van der Waals surface area contributed by atoms with Crippen molar-refractivity contribution >= 4 is 17.6 Å². The zero-order chi connectivity index (χ0) is 12.5. The number of amides is 1. The molecule has 0 bridgehead atoms. The van der Waals surface area contributed by atoms with Crippen LogP contribution in [0, 0.1) is 0 Å². The van der Waals surface area contributed by atoms with Crippen LogP contribution in [0.1, 0.15) is 12.5 Å². The lowest BCUT2D eigenvalue weighted by Gasteiger charge is -2.34. The van der Waals surface area contributed by atoms with Gasteiger partial charge in [0.15, 0.2) is 0 Å². The highest BCUT2D eigenvalue weighted by Gasteiger charge is 2.33. The van der Waals surface area contributed by atoms with E-state index in [9.17, 15) is 4.79 Å². The van der Waals surface area contributed by atoms with Crippen molar-refractivity contribution in [3.8, 4) is 0 Å². The van der Waals surface area contributed by atoms with Crippen molar-refractivity contribution in [1.82, 2.24) is 9.80 Å². The predicted octanol–water partition coefficient (Wildman–Crippen LogP) is 1.56. The van der Waals surface area contributed by atoms with E-state index >= 15 is 0 Å². The van der Waals surface area contributed by atoms with Gasteiger partial charge in [-0.25, -0.2) is 0 Å². The maximum Gasteiger partial charge on any atom is 0.255 e. The summed E-state index contributed by atoms with van der Waals surface area (Å²) < 4.78 is 0. The summed E-state index contributed by atoms with van der Waals surface area (Å²) in [4.78, 5) is 20.4. The molecular formula is C14H15N3O. The molecule has 0 aromatic heterocycles. The molecule has 0 N–H and O–H groups in total. The maximum atomic E-state index is 12.1. The van der Waals surface area contributed by atoms with E-state index in [0.29, 0.717) is 13.1 Å². The molecule has 0 saturated heterocycles. The number of benzene rings is 1. The largest absolute Gasteiger partial charge is 0.312 e. The predicted molar refractivity (Wildman–Crippen MR) is 70.8 cm³/mol. The first-order valence-corrected chi connectivity index (χ1v) is 6.22. The van der Waals surface area contributed by atoms with Crippen LogP contribution in [0.5, 0.6) is 0 Å². The zero-order valence-corrected chi connectivity index (χ0v) is 10.3. The smallest absolute Gasteiger partial charge is 0.255 e. The fraction of sp³-hybridized carbons (Fsp3) is 0.286. The highest BCUT2D eigenvalue weighted by molar-refractivity contribution is 6.12. The lowest BCUT2D eigenvalue weighted by atomic mass is 10.1. The summed E-state index contributed by atoms with van der Waals surface area (Å²) in [5.41, 5.74) is 2.00. The van der Waals surface area contributed by atoms with E-state index in [-0.39, 0.29) is 5.91 Å². The monoisotopic (exact) mass is 241 g/mol. The third kappa shape index (κ3) is 1.61. The van der Waals surface area contributed by atoms with Crippen LogP contribution in [-0.2, 0) is 4.79 Å². The Bertz CT molecular complexity index is 533. The Morgan fingerprint density at radius 2 is 2.06 bits per heavy atom. The Morgan fingerprint density at radius 1 is 1.28 bits per heavy atom. The molecule has 0 aliphatic carbocycles. The highest BCUT2D eigenvalue weighted by atomic mass is 16.2. The van der Waals surface area contributed by atoms with Crippen LogP contribution in [0.4, 0.5) is 0 Å². The first-order chi connectivity index (χ1) is 8.81. The second-order valence-electron chi connectivity index (χ2n) is 4.31. The number of hydrogen-bond donors (Lipinski definition) is 0. The molecule has 18 heavy (non-hydrogen) atoms. The number of rotatable bonds is 2. The summed E-state index contributed by atoms with van der Waals surface area (Å²) in [7, 11) is 0. The number of guanidine groups is 1. The van der Waals surface area contributed by atoms with Crippen LogP contribution in [0.15, 0.2) is 41.4 Å². The van der Waals surface area contributed by atoms with E-state index in [4.69, 9.17) is 0 Å². The van der Waals surface area contributed by atoms with Crippen molar-refractivity contribution in [3.05, 3.63) is 42.0 Å². The molecule has 1 amide bonds. The molecule has 1 aromatic rings. The number of fused-ring (bicyclic) bond motifs is 1. The Hall–Kier alpha value is -2.10. The third-order valence-corrected chi connectivity index (χ3v) is 3.26. The number of aliphatic imine (C=N–C) groups is 1. The van der Waals surface area contributed by atoms with E-state index in [1.54, 1.807) is 11.0 Å². The standard InChI is InChI=1S/C14H15N3O/c1-2-16-12(11-6-4-3-5-7-11)10-13(18)17-9-8-15-14(16)17/h3-7,10H,2,8-9H2,1H3. The molecular weight excluding hydrogens is 226 g/mol. The minimum Gasteiger partial charge on any atom is -0.312 e. The molecule has 4 heteroatoms. The van der Waals surface area contributed by atoms with E-state index < -0.39 is 0 Å². The molecule has 0 spiro atoms. The molecule has 0 unspecified atom stereocenters. The number of hydrogen-bond acceptors (Lipinski definition) is 3. The maximum absolute atomic E-state index is 12.1. The molecule has 92 valence electrons. The van der Waals surface area contributed by atoms with Crippen molar-refractivity contribution in [2.24, 2.45) is 4.99 Å². The molecule has 2 aliphatic heterocycles. The normalized spacial score (nSPS) is 18.6. The molecule has 4 nitrogen and oxygen atoms in total. The van der Waals surface area contributed by atoms with Crippen LogP contribution >= 0.6 is 0 Å². The van der Waals surface area contributed by atoms with Gasteiger partial charge in [-0.05, 0) is 12.5 Å². The Kier molecular flexibility index (Phi) is 2.63. The molecule has 3 rings (SSSR count). The summed E-state index contributed by atoms with van der Waals surface area (Å²) in [5, 5.41) is 0. The first kappa shape index (κ1) is 11.0. The lowest BCUT2D eigenvalue weighted by molar-refractivity contribution is -0.122. The fourth-order valence-electron chi connectivity index (χ4n) is 2.42. The van der Waals surface area contributed by atoms with Crippen LogP contribution in [0.3, 0.4) is 0 Å². The Morgan fingerprint density at radius 3 is 2.78 bits per heavy atom. The van der Waals surface area contributed by atoms with Gasteiger partial charge in [0.1, 0.15) is 0 Å². The third-order valence-electron chi connectivity index (χ3n) is 3.26. The van der Waals surface area contributed by atoms with Gasteiger partial charge in [0.25, 0.3) is 5.91 Å². The minimum absolute atomic E-state index is 0.0369. The van der Waals surface area contributed by atoms with Crippen molar-refractivity contribution in [2.75, 3.05) is 19.6 Å². The summed E-state index contributed by atoms with van der Waals surface area (Å²) >= 11 is 0. The SMILES string of the molecule is CCN1C(c2ccccc2)=CC(=O)N2CCN=C21. The van der Waals surface area contributed by atoms with Crippen molar-refractivity contribution in [3.63, 3.8) is 0 Å². The summed E-state index contributed by atoms with van der Waals surface area (Å²) in [5.74, 6) is 0.832. The molecule has 0 fully saturated rings. The van der Waals surface area contributed by atoms with E-state index in [1.165, 1.54) is 0 Å². The number of nitrogens with zero attached hydrogens (tertiary/aromatic N) is 3. The van der Waals surface area contributed by atoms with Gasteiger partial charge in [-0.3, -0.25) is 14.7 Å². The lowest BCUT2D eigenvalue weighted by Crippen LogP contribution is -2.47. The van der Waals surface area contributed by atoms with Crippen LogP contribution in [0.2, 0.25) is 0 Å². The molecule has 2 heterocycles. The molecule has 0 saturated carbocycles. The van der Waals surface area contributed by atoms with E-state index in [0.717, 1.165) is 23.8 Å². The van der Waals surface area contributed by atoms with Gasteiger partial charge in [-0.15, -0.1) is 0 Å². The van der Waals surface area contributed by atoms with Crippen LogP contribution < -0.4 is 0 Å². The van der Waals surface area contributed by atoms with Crippen molar-refractivity contribution in [2.45, 2.75) is 6.92 Å². The topological polar surface area (TPSA) is 35.9 Å². The first-order valence-electron chi connectivity index (χ1n) is 6.22. The van der Waals surface area contributed by atoms with E-state index in [2.05, 4.69) is 16.8 Å². The van der Waals surface area contributed by atoms with Gasteiger partial charge in [-0.2, -0.15) is 0 Å². The van der Waals surface area contributed by atoms with Gasteiger partial charge in [0, 0.05) is 19.2 Å². The van der Waals surface area contributed by atoms with Gasteiger partial charge in [0.05, 0.1) is 12.2 Å². The van der Waals surface area contributed by atoms with Crippen LogP contribution in [-0.4, -0.2) is 41.3 Å². The van der Waals surface area contributed by atoms with E-state index in [1.807, 2.05) is 30.3 Å². The van der Waals surface area contributed by atoms with Gasteiger partial charge in [-0.1, -0.05) is 30.3 Å². The number of carbonyl (C=O) groups is 1. The molecule has 0 atom stereocenters. The second-order valence-corrected chi connectivity index (χ2v) is 4.31. The molecule has 2 aliphatic rings. The summed E-state index contributed by atoms with van der Waals surface area (Å²) in [6.45, 7) is 4.28. The minimum atomic E-state index is 0.0369. The highest BCUT2D eigenvalue weighted by Crippen LogP contribution is 2.26. The summed E-state index contributed by atoms with van der Waals surface area (Å²) in [6, 6.07) is 9.99. The Balaban J connectivity index is 2.07. The summed E-state index contributed by atoms with van der Waals surface area (Å²) in [6.07, 6.45) is 1.71. The number of carbonyl (C=O) groups excluding carboxylic acids is 1. The fourth-order valence-corrected chi connectivity index (χ4v) is 2.42.